The van der Waals surface area contributed by atoms with E-state index in [0.717, 1.165) is 6.07 Å². The third-order valence-corrected chi connectivity index (χ3v) is 3.39. The molecule has 0 fully saturated rings. The second kappa shape index (κ2) is 9.18. The first kappa shape index (κ1) is 19.7. The SMILES string of the molecule is CCOC(=O)COc1cccc(NC(=O)c2cc([N+](=O)[O-])ccc2OC)c1. The monoisotopic (exact) mass is 374 g/mol. The van der Waals surface area contributed by atoms with Gasteiger partial charge in [0, 0.05) is 23.9 Å². The van der Waals surface area contributed by atoms with Gasteiger partial charge in [-0.1, -0.05) is 6.07 Å². The van der Waals surface area contributed by atoms with Crippen molar-refractivity contribution >= 4 is 23.3 Å². The Kier molecular flexibility index (Phi) is 6.70. The molecule has 1 amide bonds. The van der Waals surface area contributed by atoms with E-state index in [1.165, 1.54) is 25.3 Å². The molecule has 0 aromatic heterocycles. The lowest BCUT2D eigenvalue weighted by molar-refractivity contribution is -0.384. The topological polar surface area (TPSA) is 117 Å². The van der Waals surface area contributed by atoms with E-state index in [-0.39, 0.29) is 30.2 Å². The molecule has 0 heterocycles. The Morgan fingerprint density at radius 1 is 1.19 bits per heavy atom. The summed E-state index contributed by atoms with van der Waals surface area (Å²) in [6, 6.07) is 10.1. The summed E-state index contributed by atoms with van der Waals surface area (Å²) in [5.74, 6) is -0.536. The molecule has 0 aliphatic carbocycles. The highest BCUT2D eigenvalue weighted by atomic mass is 16.6. The Labute approximate surface area is 155 Å². The van der Waals surface area contributed by atoms with E-state index in [1.54, 1.807) is 25.1 Å². The molecule has 9 heteroatoms. The van der Waals surface area contributed by atoms with Gasteiger partial charge in [-0.2, -0.15) is 0 Å². The van der Waals surface area contributed by atoms with Crippen LogP contribution in [0.4, 0.5) is 11.4 Å². The summed E-state index contributed by atoms with van der Waals surface area (Å²) in [7, 11) is 1.36. The van der Waals surface area contributed by atoms with E-state index >= 15 is 0 Å². The molecule has 0 spiro atoms. The Morgan fingerprint density at radius 2 is 1.96 bits per heavy atom. The molecule has 0 saturated heterocycles. The summed E-state index contributed by atoms with van der Waals surface area (Å²) in [4.78, 5) is 34.2. The summed E-state index contributed by atoms with van der Waals surface area (Å²) >= 11 is 0. The van der Waals surface area contributed by atoms with Gasteiger partial charge < -0.3 is 19.5 Å². The Bertz CT molecular complexity index is 851. The number of methoxy groups -OCH3 is 1. The molecule has 0 saturated carbocycles. The van der Waals surface area contributed by atoms with Crippen LogP contribution in [0, 0.1) is 10.1 Å². The van der Waals surface area contributed by atoms with Crippen LogP contribution in [0.2, 0.25) is 0 Å². The van der Waals surface area contributed by atoms with E-state index in [4.69, 9.17) is 14.2 Å². The first-order chi connectivity index (χ1) is 12.9. The lowest BCUT2D eigenvalue weighted by atomic mass is 10.1. The number of benzene rings is 2. The van der Waals surface area contributed by atoms with Crippen LogP contribution >= 0.6 is 0 Å². The average molecular weight is 374 g/mol. The first-order valence-corrected chi connectivity index (χ1v) is 7.97. The number of hydrogen-bond acceptors (Lipinski definition) is 7. The molecule has 0 bridgehead atoms. The predicted octanol–water partition coefficient (Wildman–Crippen LogP) is 2.80. The van der Waals surface area contributed by atoms with Gasteiger partial charge in [0.1, 0.15) is 11.5 Å². The number of carbonyl (C=O) groups excluding carboxylic acids is 2. The maximum atomic E-state index is 12.5. The summed E-state index contributed by atoms with van der Waals surface area (Å²) in [5, 5.41) is 13.5. The number of hydrogen-bond donors (Lipinski definition) is 1. The molecule has 0 aliphatic rings. The highest BCUT2D eigenvalue weighted by molar-refractivity contribution is 6.06. The number of nitrogens with one attached hydrogen (secondary N) is 1. The maximum absolute atomic E-state index is 12.5. The van der Waals surface area contributed by atoms with Crippen LogP contribution in [-0.4, -0.2) is 37.1 Å². The van der Waals surface area contributed by atoms with Crippen LogP contribution < -0.4 is 14.8 Å². The number of amides is 1. The highest BCUT2D eigenvalue weighted by Gasteiger charge is 2.18. The minimum Gasteiger partial charge on any atom is -0.496 e. The van der Waals surface area contributed by atoms with Gasteiger partial charge in [0.2, 0.25) is 0 Å². The number of carbonyl (C=O) groups is 2. The quantitative estimate of drug-likeness (QED) is 0.429. The number of nitro benzene ring substituents is 1. The van der Waals surface area contributed by atoms with Gasteiger partial charge in [-0.15, -0.1) is 0 Å². The van der Waals surface area contributed by atoms with Crippen LogP contribution in [0.3, 0.4) is 0 Å². The third kappa shape index (κ3) is 5.43. The standard InChI is InChI=1S/C18H18N2O7/c1-3-26-17(21)11-27-14-6-4-5-12(9-14)19-18(22)15-10-13(20(23)24)7-8-16(15)25-2/h4-10H,3,11H2,1-2H3,(H,19,22). The van der Waals surface area contributed by atoms with Crippen LogP contribution in [0.25, 0.3) is 0 Å². The summed E-state index contributed by atoms with van der Waals surface area (Å²) in [6.07, 6.45) is 0. The fourth-order valence-corrected chi connectivity index (χ4v) is 2.19. The zero-order valence-electron chi connectivity index (χ0n) is 14.8. The molecule has 1 N–H and O–H groups in total. The zero-order chi connectivity index (χ0) is 19.8. The fraction of sp³-hybridized carbons (Fsp3) is 0.222. The van der Waals surface area contributed by atoms with E-state index in [2.05, 4.69) is 5.32 Å². The molecule has 2 aromatic rings. The molecule has 9 nitrogen and oxygen atoms in total. The number of rotatable bonds is 8. The van der Waals surface area contributed by atoms with Gasteiger partial charge in [-0.25, -0.2) is 4.79 Å². The molecule has 0 atom stereocenters. The van der Waals surface area contributed by atoms with Crippen molar-refractivity contribution in [3.63, 3.8) is 0 Å². The van der Waals surface area contributed by atoms with E-state index < -0.39 is 16.8 Å². The number of esters is 1. The maximum Gasteiger partial charge on any atom is 0.344 e. The summed E-state index contributed by atoms with van der Waals surface area (Å²) in [6.45, 7) is 1.68. The number of anilines is 1. The van der Waals surface area contributed by atoms with Crippen molar-refractivity contribution in [1.29, 1.82) is 0 Å². The van der Waals surface area contributed by atoms with Crippen LogP contribution in [0.5, 0.6) is 11.5 Å². The molecular formula is C18H18N2O7. The van der Waals surface area contributed by atoms with E-state index in [9.17, 15) is 19.7 Å². The Hall–Kier alpha value is -3.62. The van der Waals surface area contributed by atoms with E-state index in [1.807, 2.05) is 0 Å². The lowest BCUT2D eigenvalue weighted by Gasteiger charge is -2.11. The van der Waals surface area contributed by atoms with E-state index in [0.29, 0.717) is 11.4 Å². The van der Waals surface area contributed by atoms with Gasteiger partial charge in [-0.3, -0.25) is 14.9 Å². The molecule has 142 valence electrons. The summed E-state index contributed by atoms with van der Waals surface area (Å²) < 4.78 is 15.2. The van der Waals surface area contributed by atoms with Crippen molar-refractivity contribution in [3.8, 4) is 11.5 Å². The number of nitro groups is 1. The zero-order valence-corrected chi connectivity index (χ0v) is 14.8. The minimum absolute atomic E-state index is 0.0181. The second-order valence-electron chi connectivity index (χ2n) is 5.22. The smallest absolute Gasteiger partial charge is 0.344 e. The largest absolute Gasteiger partial charge is 0.496 e. The number of non-ortho nitro benzene ring substituents is 1. The van der Waals surface area contributed by atoms with Gasteiger partial charge in [0.15, 0.2) is 6.61 Å². The second-order valence-corrected chi connectivity index (χ2v) is 5.22. The van der Waals surface area contributed by atoms with Crippen molar-refractivity contribution in [2.75, 3.05) is 25.6 Å². The van der Waals surface area contributed by atoms with Crippen LogP contribution in [-0.2, 0) is 9.53 Å². The fourth-order valence-electron chi connectivity index (χ4n) is 2.19. The molecule has 0 aliphatic heterocycles. The average Bonchev–Trinajstić information content (AvgIpc) is 2.66. The van der Waals surface area contributed by atoms with Crippen LogP contribution in [0.15, 0.2) is 42.5 Å². The molecule has 27 heavy (non-hydrogen) atoms. The van der Waals surface area contributed by atoms with Gasteiger partial charge in [0.25, 0.3) is 11.6 Å². The summed E-state index contributed by atoms with van der Waals surface area (Å²) in [5.41, 5.74) is 0.173. The third-order valence-electron chi connectivity index (χ3n) is 3.39. The molecule has 0 radical (unpaired) electrons. The number of nitrogens with zero attached hydrogens (tertiary/aromatic N) is 1. The number of ether oxygens (including phenoxy) is 3. The normalized spacial score (nSPS) is 10.0. The molecule has 2 aromatic carbocycles. The predicted molar refractivity (Wildman–Crippen MR) is 96.2 cm³/mol. The van der Waals surface area contributed by atoms with Crippen molar-refractivity contribution in [2.24, 2.45) is 0 Å². The van der Waals surface area contributed by atoms with Gasteiger partial charge in [0.05, 0.1) is 24.2 Å². The Balaban J connectivity index is 2.14. The molecular weight excluding hydrogens is 356 g/mol. The van der Waals surface area contributed by atoms with Gasteiger partial charge in [-0.05, 0) is 25.1 Å². The minimum atomic E-state index is -0.597. The van der Waals surface area contributed by atoms with Gasteiger partial charge >= 0.3 is 5.97 Å². The van der Waals surface area contributed by atoms with Crippen molar-refractivity contribution in [1.82, 2.24) is 0 Å². The Morgan fingerprint density at radius 3 is 2.63 bits per heavy atom. The van der Waals surface area contributed by atoms with Crippen molar-refractivity contribution in [3.05, 3.63) is 58.1 Å². The van der Waals surface area contributed by atoms with Crippen LogP contribution in [0.1, 0.15) is 17.3 Å². The van der Waals surface area contributed by atoms with Crippen molar-refractivity contribution in [2.45, 2.75) is 6.92 Å². The highest BCUT2D eigenvalue weighted by Crippen LogP contribution is 2.25. The molecule has 2 rings (SSSR count). The first-order valence-electron chi connectivity index (χ1n) is 7.97. The van der Waals surface area contributed by atoms with Crippen molar-refractivity contribution < 1.29 is 28.7 Å². The lowest BCUT2D eigenvalue weighted by Crippen LogP contribution is -2.15. The molecule has 0 unspecified atom stereocenters.